The van der Waals surface area contributed by atoms with Crippen LogP contribution in [0, 0.1) is 0 Å². The van der Waals surface area contributed by atoms with Crippen LogP contribution < -0.4 is 10.1 Å². The van der Waals surface area contributed by atoms with Gasteiger partial charge in [0.25, 0.3) is 11.8 Å². The molecule has 0 aliphatic carbocycles. The number of hydrogen-bond donors (Lipinski definition) is 1. The van der Waals surface area contributed by atoms with Crippen molar-refractivity contribution in [3.63, 3.8) is 0 Å². The van der Waals surface area contributed by atoms with Crippen LogP contribution in [0.5, 0.6) is 5.75 Å². The van der Waals surface area contributed by atoms with Crippen LogP contribution in [0.2, 0.25) is 0 Å². The number of amides is 4. The van der Waals surface area contributed by atoms with Crippen molar-refractivity contribution in [2.24, 2.45) is 0 Å². The number of urea groups is 1. The van der Waals surface area contributed by atoms with Crippen molar-refractivity contribution in [3.8, 4) is 5.75 Å². The molecule has 0 saturated carbocycles. The highest BCUT2D eigenvalue weighted by Gasteiger charge is 2.33. The molecule has 0 spiro atoms. The molecule has 4 amide bonds. The van der Waals surface area contributed by atoms with Crippen molar-refractivity contribution in [2.75, 3.05) is 32.9 Å². The number of hydrogen-bond acceptors (Lipinski definition) is 5. The van der Waals surface area contributed by atoms with E-state index in [0.717, 1.165) is 11.1 Å². The highest BCUT2D eigenvalue weighted by atomic mass is 16.5. The van der Waals surface area contributed by atoms with E-state index in [1.165, 1.54) is 4.90 Å². The third kappa shape index (κ3) is 5.10. The molecule has 0 unspecified atom stereocenters. The Hall–Kier alpha value is -3.65. The average Bonchev–Trinajstić information content (AvgIpc) is 3.07. The molecule has 160 valence electrons. The molecule has 2 aromatic rings. The van der Waals surface area contributed by atoms with E-state index in [1.54, 1.807) is 35.2 Å². The summed E-state index contributed by atoms with van der Waals surface area (Å²) in [6.07, 6.45) is 1.62. The molecule has 1 N–H and O–H groups in total. The number of carbonyl (C=O) groups is 3. The van der Waals surface area contributed by atoms with Crippen LogP contribution >= 0.6 is 0 Å². The smallest absolute Gasteiger partial charge is 0.329 e. The predicted octanol–water partition coefficient (Wildman–Crippen LogP) is 2.02. The Kier molecular flexibility index (Phi) is 6.28. The van der Waals surface area contributed by atoms with Gasteiger partial charge in [0.2, 0.25) is 0 Å². The van der Waals surface area contributed by atoms with E-state index in [4.69, 9.17) is 9.47 Å². The average molecular weight is 421 g/mol. The minimum Gasteiger partial charge on any atom is -0.484 e. The zero-order valence-electron chi connectivity index (χ0n) is 17.0. The van der Waals surface area contributed by atoms with E-state index < -0.39 is 6.03 Å². The summed E-state index contributed by atoms with van der Waals surface area (Å²) in [5, 5.41) is 2.62. The van der Waals surface area contributed by atoms with Gasteiger partial charge in [0.1, 0.15) is 11.4 Å². The number of nitrogens with one attached hydrogen (secondary N) is 1. The van der Waals surface area contributed by atoms with Crippen molar-refractivity contribution >= 4 is 23.9 Å². The minimum atomic E-state index is -0.443. The molecular weight excluding hydrogens is 398 g/mol. The summed E-state index contributed by atoms with van der Waals surface area (Å²) in [7, 11) is 0. The van der Waals surface area contributed by atoms with Crippen LogP contribution in [0.25, 0.3) is 6.08 Å². The quantitative estimate of drug-likeness (QED) is 0.570. The van der Waals surface area contributed by atoms with Gasteiger partial charge in [0.15, 0.2) is 6.61 Å². The number of carbonyl (C=O) groups excluding carboxylic acids is 3. The molecule has 2 fully saturated rings. The Morgan fingerprint density at radius 2 is 1.74 bits per heavy atom. The van der Waals surface area contributed by atoms with Gasteiger partial charge in [-0.1, -0.05) is 42.5 Å². The van der Waals surface area contributed by atoms with Gasteiger partial charge in [0, 0.05) is 13.1 Å². The molecule has 8 nitrogen and oxygen atoms in total. The second-order valence-electron chi connectivity index (χ2n) is 7.22. The molecule has 4 rings (SSSR count). The number of benzene rings is 2. The molecule has 2 aliphatic rings. The number of ether oxygens (including phenoxy) is 2. The SMILES string of the molecule is O=C(COc1ccc(/C=C2/NC(=O)N(Cc3ccccc3)C2=O)cc1)N1CCOCC1. The van der Waals surface area contributed by atoms with E-state index in [0.29, 0.717) is 32.1 Å². The summed E-state index contributed by atoms with van der Waals surface area (Å²) in [5.74, 6) is 0.105. The standard InChI is InChI=1S/C23H23N3O5/c27-21(25-10-12-30-13-11-25)16-31-19-8-6-17(7-9-19)14-20-22(28)26(23(29)24-20)15-18-4-2-1-3-5-18/h1-9,14H,10-13,15-16H2,(H,24,29)/b20-14+. The molecule has 2 aliphatic heterocycles. The third-order valence-electron chi connectivity index (χ3n) is 5.06. The fourth-order valence-corrected chi connectivity index (χ4v) is 3.36. The first kappa shape index (κ1) is 20.6. The number of rotatable bonds is 6. The molecule has 2 heterocycles. The van der Waals surface area contributed by atoms with Gasteiger partial charge >= 0.3 is 6.03 Å². The normalized spacial score (nSPS) is 17.7. The Labute approximate surface area is 180 Å². The highest BCUT2D eigenvalue weighted by Crippen LogP contribution is 2.19. The summed E-state index contributed by atoms with van der Waals surface area (Å²) in [4.78, 5) is 39.9. The lowest BCUT2D eigenvalue weighted by molar-refractivity contribution is -0.137. The monoisotopic (exact) mass is 421 g/mol. The van der Waals surface area contributed by atoms with E-state index in [9.17, 15) is 14.4 Å². The summed E-state index contributed by atoms with van der Waals surface area (Å²) in [6.45, 7) is 2.43. The zero-order chi connectivity index (χ0) is 21.6. The predicted molar refractivity (Wildman–Crippen MR) is 113 cm³/mol. The lowest BCUT2D eigenvalue weighted by Gasteiger charge is -2.26. The first-order valence-electron chi connectivity index (χ1n) is 10.1. The van der Waals surface area contributed by atoms with E-state index in [1.807, 2.05) is 30.3 Å². The highest BCUT2D eigenvalue weighted by molar-refractivity contribution is 6.13. The summed E-state index contributed by atoms with van der Waals surface area (Å²) in [6, 6.07) is 15.9. The second-order valence-corrected chi connectivity index (χ2v) is 7.22. The van der Waals surface area contributed by atoms with Crippen molar-refractivity contribution in [2.45, 2.75) is 6.54 Å². The van der Waals surface area contributed by atoms with Crippen LogP contribution in [0.1, 0.15) is 11.1 Å². The van der Waals surface area contributed by atoms with Gasteiger partial charge in [-0.2, -0.15) is 0 Å². The maximum Gasteiger partial charge on any atom is 0.329 e. The number of imide groups is 1. The molecule has 8 heteroatoms. The van der Waals surface area contributed by atoms with Crippen molar-refractivity contribution in [3.05, 3.63) is 71.4 Å². The zero-order valence-corrected chi connectivity index (χ0v) is 17.0. The maximum absolute atomic E-state index is 12.6. The van der Waals surface area contributed by atoms with Crippen LogP contribution in [0.4, 0.5) is 4.79 Å². The lowest BCUT2D eigenvalue weighted by atomic mass is 10.1. The van der Waals surface area contributed by atoms with Gasteiger partial charge in [-0.25, -0.2) is 4.79 Å². The Morgan fingerprint density at radius 1 is 1.03 bits per heavy atom. The summed E-state index contributed by atoms with van der Waals surface area (Å²) in [5.41, 5.74) is 1.83. The molecule has 2 aromatic carbocycles. The third-order valence-corrected chi connectivity index (χ3v) is 5.06. The molecule has 2 saturated heterocycles. The fourth-order valence-electron chi connectivity index (χ4n) is 3.36. The molecule has 31 heavy (non-hydrogen) atoms. The van der Waals surface area contributed by atoms with Gasteiger partial charge < -0.3 is 19.7 Å². The van der Waals surface area contributed by atoms with Crippen molar-refractivity contribution in [1.29, 1.82) is 0 Å². The van der Waals surface area contributed by atoms with Gasteiger partial charge in [-0.3, -0.25) is 14.5 Å². The second kappa shape index (κ2) is 9.44. The lowest BCUT2D eigenvalue weighted by Crippen LogP contribution is -2.42. The topological polar surface area (TPSA) is 88.2 Å². The van der Waals surface area contributed by atoms with Crippen molar-refractivity contribution in [1.82, 2.24) is 15.1 Å². The van der Waals surface area contributed by atoms with Gasteiger partial charge in [-0.05, 0) is 29.3 Å². The van der Waals surface area contributed by atoms with E-state index >= 15 is 0 Å². The molecule has 0 bridgehead atoms. The number of morpholine rings is 1. The van der Waals surface area contributed by atoms with Crippen LogP contribution in [0.3, 0.4) is 0 Å². The minimum absolute atomic E-state index is 0.0383. The molecule has 0 atom stereocenters. The molecule has 0 radical (unpaired) electrons. The Balaban J connectivity index is 1.35. The van der Waals surface area contributed by atoms with Gasteiger partial charge in [-0.15, -0.1) is 0 Å². The summed E-state index contributed by atoms with van der Waals surface area (Å²) >= 11 is 0. The Bertz CT molecular complexity index is 982. The first-order chi connectivity index (χ1) is 15.1. The molecule has 0 aromatic heterocycles. The van der Waals surface area contributed by atoms with Gasteiger partial charge in [0.05, 0.1) is 19.8 Å². The van der Waals surface area contributed by atoms with Crippen molar-refractivity contribution < 1.29 is 23.9 Å². The molecular formula is C23H23N3O5. The maximum atomic E-state index is 12.6. The van der Waals surface area contributed by atoms with Crippen LogP contribution in [-0.4, -0.2) is 60.6 Å². The largest absolute Gasteiger partial charge is 0.484 e. The van der Waals surface area contributed by atoms with Crippen LogP contribution in [-0.2, 0) is 20.9 Å². The van der Waals surface area contributed by atoms with E-state index in [2.05, 4.69) is 5.32 Å². The Morgan fingerprint density at radius 3 is 2.45 bits per heavy atom. The summed E-state index contributed by atoms with van der Waals surface area (Å²) < 4.78 is 10.8. The fraction of sp³-hybridized carbons (Fsp3) is 0.261. The van der Waals surface area contributed by atoms with Crippen LogP contribution in [0.15, 0.2) is 60.3 Å². The van der Waals surface area contributed by atoms with E-state index in [-0.39, 0.29) is 30.7 Å². The number of nitrogens with zero attached hydrogens (tertiary/aromatic N) is 2. The first-order valence-corrected chi connectivity index (χ1v) is 10.1.